The van der Waals surface area contributed by atoms with Crippen molar-refractivity contribution in [1.29, 1.82) is 0 Å². The van der Waals surface area contributed by atoms with Crippen LogP contribution in [0.15, 0.2) is 16.6 Å². The largest absolute Gasteiger partial charge is 0.493 e. The van der Waals surface area contributed by atoms with Gasteiger partial charge in [0.15, 0.2) is 0 Å². The highest BCUT2D eigenvalue weighted by Gasteiger charge is 2.13. The monoisotopic (exact) mass is 271 g/mol. The molecule has 0 spiro atoms. The molecule has 0 bridgehead atoms. The van der Waals surface area contributed by atoms with E-state index in [1.165, 1.54) is 0 Å². The Morgan fingerprint density at radius 3 is 2.73 bits per heavy atom. The minimum Gasteiger partial charge on any atom is -0.493 e. The maximum absolute atomic E-state index is 11.6. The first-order valence-corrected chi connectivity index (χ1v) is 5.54. The summed E-state index contributed by atoms with van der Waals surface area (Å²) in [7, 11) is 1.60. The summed E-state index contributed by atoms with van der Waals surface area (Å²) in [4.78, 5) is 11.6. The molecule has 1 rings (SSSR count). The molecule has 0 aromatic heterocycles. The number of hydrogen-bond donors (Lipinski definition) is 1. The smallest absolute Gasteiger partial charge is 0.254 e. The van der Waals surface area contributed by atoms with Crippen molar-refractivity contribution in [2.45, 2.75) is 13.8 Å². The summed E-state index contributed by atoms with van der Waals surface area (Å²) in [5.41, 5.74) is 1.60. The molecule has 0 fully saturated rings. The predicted octanol–water partition coefficient (Wildman–Crippen LogP) is 2.52. The van der Waals surface area contributed by atoms with E-state index < -0.39 is 0 Å². The highest BCUT2D eigenvalue weighted by atomic mass is 79.9. The minimum absolute atomic E-state index is 0.140. The molecule has 0 saturated carbocycles. The van der Waals surface area contributed by atoms with Crippen molar-refractivity contribution in [2.24, 2.45) is 0 Å². The Labute approximate surface area is 97.9 Å². The van der Waals surface area contributed by atoms with Gasteiger partial charge in [-0.2, -0.15) is 0 Å². The molecule has 3 nitrogen and oxygen atoms in total. The average molecular weight is 272 g/mol. The fourth-order valence-electron chi connectivity index (χ4n) is 1.24. The molecular formula is C11H14BrNO2. The second-order valence-corrected chi connectivity index (χ2v) is 3.96. The summed E-state index contributed by atoms with van der Waals surface area (Å²) in [5, 5.41) is 2.59. The number of benzene rings is 1. The first-order valence-electron chi connectivity index (χ1n) is 4.75. The van der Waals surface area contributed by atoms with Gasteiger partial charge in [-0.05, 0) is 31.5 Å². The van der Waals surface area contributed by atoms with E-state index in [4.69, 9.17) is 4.74 Å². The summed E-state index contributed by atoms with van der Waals surface area (Å²) in [6.45, 7) is 4.40. The van der Waals surface area contributed by atoms with Gasteiger partial charge in [-0.15, -0.1) is 0 Å². The van der Waals surface area contributed by atoms with Crippen LogP contribution in [0, 0.1) is 6.92 Å². The number of hydrogen-bond acceptors (Lipinski definition) is 2. The lowest BCUT2D eigenvalue weighted by Gasteiger charge is -2.11. The van der Waals surface area contributed by atoms with Gasteiger partial charge >= 0.3 is 0 Å². The van der Waals surface area contributed by atoms with Gasteiger partial charge in [0.05, 0.1) is 12.2 Å². The Balaban J connectivity index is 3.21. The van der Waals surface area contributed by atoms with Gasteiger partial charge < -0.3 is 10.1 Å². The van der Waals surface area contributed by atoms with E-state index in [2.05, 4.69) is 21.2 Å². The van der Waals surface area contributed by atoms with Gasteiger partial charge in [-0.1, -0.05) is 15.9 Å². The van der Waals surface area contributed by atoms with Gasteiger partial charge in [-0.25, -0.2) is 0 Å². The minimum atomic E-state index is -0.140. The van der Waals surface area contributed by atoms with Crippen LogP contribution >= 0.6 is 15.9 Å². The molecule has 0 saturated heterocycles. The maximum Gasteiger partial charge on any atom is 0.254 e. The van der Waals surface area contributed by atoms with Crippen LogP contribution in [-0.2, 0) is 0 Å². The molecule has 0 unspecified atom stereocenters. The van der Waals surface area contributed by atoms with Gasteiger partial charge in [0, 0.05) is 11.5 Å². The molecule has 0 aliphatic heterocycles. The van der Waals surface area contributed by atoms with Crippen LogP contribution in [0.3, 0.4) is 0 Å². The van der Waals surface area contributed by atoms with E-state index in [1.54, 1.807) is 13.1 Å². The molecule has 4 heteroatoms. The summed E-state index contributed by atoms with van der Waals surface area (Å²) in [5.74, 6) is 0.483. The SMILES string of the molecule is CCOc1cc(C)c(Br)cc1C(=O)NC. The van der Waals surface area contributed by atoms with E-state index >= 15 is 0 Å². The Bertz CT molecular complexity index is 377. The summed E-state index contributed by atoms with van der Waals surface area (Å²) in [6, 6.07) is 3.64. The Morgan fingerprint density at radius 1 is 1.53 bits per heavy atom. The fraction of sp³-hybridized carbons (Fsp3) is 0.364. The van der Waals surface area contributed by atoms with E-state index in [0.717, 1.165) is 10.0 Å². The highest BCUT2D eigenvalue weighted by molar-refractivity contribution is 9.10. The van der Waals surface area contributed by atoms with Crippen molar-refractivity contribution < 1.29 is 9.53 Å². The first-order chi connectivity index (χ1) is 7.10. The van der Waals surface area contributed by atoms with Crippen LogP contribution in [0.1, 0.15) is 22.8 Å². The number of ether oxygens (including phenoxy) is 1. The van der Waals surface area contributed by atoms with Crippen LogP contribution in [0.25, 0.3) is 0 Å². The van der Waals surface area contributed by atoms with Gasteiger partial charge in [0.25, 0.3) is 5.91 Å². The predicted molar refractivity (Wildman–Crippen MR) is 63.4 cm³/mol. The van der Waals surface area contributed by atoms with Crippen LogP contribution in [-0.4, -0.2) is 19.6 Å². The van der Waals surface area contributed by atoms with Crippen LogP contribution in [0.2, 0.25) is 0 Å². The van der Waals surface area contributed by atoms with Crippen molar-refractivity contribution in [3.63, 3.8) is 0 Å². The number of carbonyl (C=O) groups is 1. The molecule has 0 heterocycles. The second kappa shape index (κ2) is 5.16. The van der Waals surface area contributed by atoms with Crippen molar-refractivity contribution in [3.05, 3.63) is 27.7 Å². The van der Waals surface area contributed by atoms with Crippen molar-refractivity contribution in [3.8, 4) is 5.75 Å². The molecule has 1 amide bonds. The Hall–Kier alpha value is -1.03. The number of carbonyl (C=O) groups excluding carboxylic acids is 1. The third-order valence-corrected chi connectivity index (χ3v) is 2.89. The van der Waals surface area contributed by atoms with E-state index in [-0.39, 0.29) is 5.91 Å². The van der Waals surface area contributed by atoms with Gasteiger partial charge in [0.2, 0.25) is 0 Å². The third-order valence-electron chi connectivity index (χ3n) is 2.03. The number of nitrogens with one attached hydrogen (secondary N) is 1. The standard InChI is InChI=1S/C11H14BrNO2/c1-4-15-10-5-7(2)9(12)6-8(10)11(14)13-3/h5-6H,4H2,1-3H3,(H,13,14). The topological polar surface area (TPSA) is 38.3 Å². The zero-order valence-corrected chi connectivity index (χ0v) is 10.6. The highest BCUT2D eigenvalue weighted by Crippen LogP contribution is 2.27. The van der Waals surface area contributed by atoms with Crippen molar-refractivity contribution in [2.75, 3.05) is 13.7 Å². The molecule has 0 atom stereocenters. The molecule has 15 heavy (non-hydrogen) atoms. The lowest BCUT2D eigenvalue weighted by atomic mass is 10.1. The quantitative estimate of drug-likeness (QED) is 0.918. The van der Waals surface area contributed by atoms with Crippen molar-refractivity contribution in [1.82, 2.24) is 5.32 Å². The summed E-state index contributed by atoms with van der Waals surface area (Å²) < 4.78 is 6.32. The summed E-state index contributed by atoms with van der Waals surface area (Å²) >= 11 is 3.39. The number of amides is 1. The maximum atomic E-state index is 11.6. The molecule has 1 N–H and O–H groups in total. The zero-order valence-electron chi connectivity index (χ0n) is 9.06. The fourth-order valence-corrected chi connectivity index (χ4v) is 1.59. The lowest BCUT2D eigenvalue weighted by molar-refractivity contribution is 0.0959. The van der Waals surface area contributed by atoms with Crippen LogP contribution < -0.4 is 10.1 Å². The van der Waals surface area contributed by atoms with Crippen LogP contribution in [0.4, 0.5) is 0 Å². The normalized spacial score (nSPS) is 9.87. The van der Waals surface area contributed by atoms with Crippen molar-refractivity contribution >= 4 is 21.8 Å². The Morgan fingerprint density at radius 2 is 2.20 bits per heavy atom. The van der Waals surface area contributed by atoms with E-state index in [0.29, 0.717) is 17.9 Å². The number of aryl methyl sites for hydroxylation is 1. The molecule has 82 valence electrons. The van der Waals surface area contributed by atoms with Gasteiger partial charge in [-0.3, -0.25) is 4.79 Å². The molecule has 1 aromatic rings. The van der Waals surface area contributed by atoms with Crippen LogP contribution in [0.5, 0.6) is 5.75 Å². The average Bonchev–Trinajstić information content (AvgIpc) is 2.22. The molecule has 0 radical (unpaired) electrons. The molecule has 1 aromatic carbocycles. The van der Waals surface area contributed by atoms with E-state index in [9.17, 15) is 4.79 Å². The second-order valence-electron chi connectivity index (χ2n) is 3.11. The zero-order chi connectivity index (χ0) is 11.4. The number of rotatable bonds is 3. The lowest BCUT2D eigenvalue weighted by Crippen LogP contribution is -2.19. The Kier molecular flexibility index (Phi) is 4.15. The third kappa shape index (κ3) is 2.72. The first kappa shape index (κ1) is 12.0. The number of halogens is 1. The molecule has 0 aliphatic carbocycles. The molecular weight excluding hydrogens is 258 g/mol. The molecule has 0 aliphatic rings. The van der Waals surface area contributed by atoms with Gasteiger partial charge in [0.1, 0.15) is 5.75 Å². The van der Waals surface area contributed by atoms with E-state index in [1.807, 2.05) is 19.9 Å². The summed E-state index contributed by atoms with van der Waals surface area (Å²) in [6.07, 6.45) is 0.